The van der Waals surface area contributed by atoms with E-state index in [1.54, 1.807) is 24.3 Å². The number of carbonyl (C=O) groups excluding carboxylic acids is 1. The predicted octanol–water partition coefficient (Wildman–Crippen LogP) is 3.58. The summed E-state index contributed by atoms with van der Waals surface area (Å²) in [4.78, 5) is 14.1. The van der Waals surface area contributed by atoms with Gasteiger partial charge in [0.15, 0.2) is 5.76 Å². The molecule has 7 heteroatoms. The molecule has 4 rings (SSSR count). The second kappa shape index (κ2) is 5.95. The van der Waals surface area contributed by atoms with E-state index < -0.39 is 5.72 Å². The van der Waals surface area contributed by atoms with Crippen molar-refractivity contribution in [2.24, 2.45) is 0 Å². The van der Waals surface area contributed by atoms with E-state index in [2.05, 4.69) is 6.07 Å². The number of nitrogens with zero attached hydrogens (tertiary/aromatic N) is 2. The summed E-state index contributed by atoms with van der Waals surface area (Å²) in [6.07, 6.45) is 1.56. The zero-order chi connectivity index (χ0) is 17.6. The number of furan rings is 1. The van der Waals surface area contributed by atoms with Gasteiger partial charge < -0.3 is 9.52 Å². The van der Waals surface area contributed by atoms with Crippen LogP contribution >= 0.6 is 23.4 Å². The van der Waals surface area contributed by atoms with E-state index in [0.717, 1.165) is 5.56 Å². The normalized spacial score (nSPS) is 25.9. The van der Waals surface area contributed by atoms with Crippen LogP contribution in [0.5, 0.6) is 0 Å². The highest BCUT2D eigenvalue weighted by Gasteiger charge is 2.53. The number of thioether (sulfide) groups is 1. The number of carbonyl (C=O) groups is 1. The summed E-state index contributed by atoms with van der Waals surface area (Å²) in [5.74, 6) is -0.0592. The highest BCUT2D eigenvalue weighted by atomic mass is 35.5. The summed E-state index contributed by atoms with van der Waals surface area (Å²) in [5, 5.41) is 21.9. The standard InChI is InChI=1S/C18H13ClN2O3S/c19-12-5-3-11(4-6-12)13-8-16(22)21-17(14(13)9-20)25-10-18(21,23)15-2-1-7-24-15/h1-7,13,23H,8,10H2/t13-,18-/m1/s1. The molecule has 126 valence electrons. The Balaban J connectivity index is 1.81. The van der Waals surface area contributed by atoms with E-state index in [0.29, 0.717) is 21.4 Å². The molecule has 0 radical (unpaired) electrons. The van der Waals surface area contributed by atoms with Gasteiger partial charge in [0.1, 0.15) is 0 Å². The first-order valence-electron chi connectivity index (χ1n) is 7.66. The quantitative estimate of drug-likeness (QED) is 0.871. The van der Waals surface area contributed by atoms with Gasteiger partial charge in [-0.2, -0.15) is 5.26 Å². The maximum Gasteiger partial charge on any atom is 0.231 e. The first kappa shape index (κ1) is 16.3. The monoisotopic (exact) mass is 372 g/mol. The van der Waals surface area contributed by atoms with Crippen LogP contribution in [-0.4, -0.2) is 21.7 Å². The minimum absolute atomic E-state index is 0.109. The van der Waals surface area contributed by atoms with Crippen molar-refractivity contribution in [1.29, 1.82) is 5.26 Å². The van der Waals surface area contributed by atoms with Crippen LogP contribution in [0.4, 0.5) is 0 Å². The molecule has 0 bridgehead atoms. The fraction of sp³-hybridized carbons (Fsp3) is 0.222. The SMILES string of the molecule is N#CC1=C2SC[C@@](O)(c3ccco3)N2C(=O)C[C@@H]1c1ccc(Cl)cc1. The van der Waals surface area contributed by atoms with Crippen LogP contribution in [0, 0.1) is 11.3 Å². The average molecular weight is 373 g/mol. The number of hydrogen-bond acceptors (Lipinski definition) is 5. The number of hydrogen-bond donors (Lipinski definition) is 1. The Kier molecular flexibility index (Phi) is 3.88. The molecule has 1 aromatic heterocycles. The van der Waals surface area contributed by atoms with Gasteiger partial charge in [0.05, 0.1) is 28.7 Å². The average Bonchev–Trinajstić information content (AvgIpc) is 3.25. The summed E-state index contributed by atoms with van der Waals surface area (Å²) < 4.78 is 5.33. The first-order valence-corrected chi connectivity index (χ1v) is 9.03. The molecule has 2 aliphatic heterocycles. The molecule has 2 atom stereocenters. The summed E-state index contributed by atoms with van der Waals surface area (Å²) in [7, 11) is 0. The molecule has 1 aromatic carbocycles. The largest absolute Gasteiger partial charge is 0.464 e. The van der Waals surface area contributed by atoms with Crippen molar-refractivity contribution in [3.63, 3.8) is 0 Å². The van der Waals surface area contributed by atoms with Crippen molar-refractivity contribution in [3.8, 4) is 6.07 Å². The molecule has 1 saturated heterocycles. The molecular formula is C18H13ClN2O3S. The maximum atomic E-state index is 12.8. The molecule has 25 heavy (non-hydrogen) atoms. The fourth-order valence-electron chi connectivity index (χ4n) is 3.29. The van der Waals surface area contributed by atoms with Crippen LogP contribution in [0.3, 0.4) is 0 Å². The maximum absolute atomic E-state index is 12.8. The first-order chi connectivity index (χ1) is 12.0. The lowest BCUT2D eigenvalue weighted by Gasteiger charge is -2.36. The van der Waals surface area contributed by atoms with E-state index in [1.165, 1.54) is 22.9 Å². The van der Waals surface area contributed by atoms with E-state index in [-0.39, 0.29) is 24.0 Å². The van der Waals surface area contributed by atoms with Crippen molar-refractivity contribution in [2.45, 2.75) is 18.1 Å². The molecule has 1 amide bonds. The van der Waals surface area contributed by atoms with Gasteiger partial charge in [-0.25, -0.2) is 0 Å². The van der Waals surface area contributed by atoms with Gasteiger partial charge in [0, 0.05) is 17.4 Å². The Morgan fingerprint density at radius 3 is 2.76 bits per heavy atom. The van der Waals surface area contributed by atoms with Gasteiger partial charge >= 0.3 is 0 Å². The summed E-state index contributed by atoms with van der Waals surface area (Å²) in [6, 6.07) is 12.7. The fourth-order valence-corrected chi connectivity index (χ4v) is 4.75. The minimum Gasteiger partial charge on any atom is -0.464 e. The van der Waals surface area contributed by atoms with E-state index in [4.69, 9.17) is 16.0 Å². The highest BCUT2D eigenvalue weighted by molar-refractivity contribution is 8.03. The molecule has 1 N–H and O–H groups in total. The summed E-state index contributed by atoms with van der Waals surface area (Å²) in [6.45, 7) is 0. The van der Waals surface area contributed by atoms with Gasteiger partial charge in [-0.3, -0.25) is 9.69 Å². The second-order valence-corrected chi connectivity index (χ2v) is 7.35. The summed E-state index contributed by atoms with van der Waals surface area (Å²) >= 11 is 7.23. The number of halogens is 1. The van der Waals surface area contributed by atoms with Crippen LogP contribution in [-0.2, 0) is 10.5 Å². The van der Waals surface area contributed by atoms with Crippen molar-refractivity contribution in [1.82, 2.24) is 4.90 Å². The Bertz CT molecular complexity index is 901. The molecule has 0 unspecified atom stereocenters. The number of aliphatic hydroxyl groups is 1. The van der Waals surface area contributed by atoms with E-state index in [9.17, 15) is 15.2 Å². The Morgan fingerprint density at radius 2 is 2.12 bits per heavy atom. The predicted molar refractivity (Wildman–Crippen MR) is 93.4 cm³/mol. The molecule has 0 aliphatic carbocycles. The number of allylic oxidation sites excluding steroid dienone is 1. The lowest BCUT2D eigenvalue weighted by molar-refractivity contribution is -0.152. The number of rotatable bonds is 2. The number of benzene rings is 1. The molecule has 2 aliphatic rings. The Labute approximate surface area is 153 Å². The van der Waals surface area contributed by atoms with Crippen LogP contribution < -0.4 is 0 Å². The van der Waals surface area contributed by atoms with Crippen LogP contribution in [0.2, 0.25) is 5.02 Å². The number of nitriles is 1. The topological polar surface area (TPSA) is 77.5 Å². The van der Waals surface area contributed by atoms with Gasteiger partial charge in [0.25, 0.3) is 0 Å². The van der Waals surface area contributed by atoms with Crippen LogP contribution in [0.25, 0.3) is 0 Å². The third-order valence-corrected chi connectivity index (χ3v) is 5.97. The van der Waals surface area contributed by atoms with Gasteiger partial charge in [-0.05, 0) is 29.8 Å². The van der Waals surface area contributed by atoms with Crippen molar-refractivity contribution in [3.05, 3.63) is 69.6 Å². The molecule has 2 aromatic rings. The summed E-state index contributed by atoms with van der Waals surface area (Å²) in [5.41, 5.74) is -0.224. The molecule has 3 heterocycles. The molecular weight excluding hydrogens is 360 g/mol. The Hall–Kier alpha value is -2.20. The second-order valence-electron chi connectivity index (χ2n) is 5.95. The number of amides is 1. The molecule has 0 saturated carbocycles. The third-order valence-electron chi connectivity index (χ3n) is 4.50. The lowest BCUT2D eigenvalue weighted by atomic mass is 9.86. The molecule has 0 spiro atoms. The van der Waals surface area contributed by atoms with Gasteiger partial charge in [-0.1, -0.05) is 23.7 Å². The van der Waals surface area contributed by atoms with Crippen molar-refractivity contribution in [2.75, 3.05) is 5.75 Å². The third kappa shape index (κ3) is 2.47. The Morgan fingerprint density at radius 1 is 1.36 bits per heavy atom. The minimum atomic E-state index is -1.56. The van der Waals surface area contributed by atoms with Crippen LogP contribution in [0.15, 0.2) is 57.7 Å². The number of fused-ring (bicyclic) bond motifs is 1. The zero-order valence-corrected chi connectivity index (χ0v) is 14.5. The molecule has 5 nitrogen and oxygen atoms in total. The van der Waals surface area contributed by atoms with Crippen LogP contribution in [0.1, 0.15) is 23.7 Å². The lowest BCUT2D eigenvalue weighted by Crippen LogP contribution is -2.48. The molecule has 1 fully saturated rings. The van der Waals surface area contributed by atoms with Gasteiger partial charge in [-0.15, -0.1) is 11.8 Å². The zero-order valence-electron chi connectivity index (χ0n) is 13.0. The van der Waals surface area contributed by atoms with E-state index >= 15 is 0 Å². The van der Waals surface area contributed by atoms with E-state index in [1.807, 2.05) is 12.1 Å². The smallest absolute Gasteiger partial charge is 0.231 e. The highest BCUT2D eigenvalue weighted by Crippen LogP contribution is 2.51. The van der Waals surface area contributed by atoms with Crippen molar-refractivity contribution < 1.29 is 14.3 Å². The van der Waals surface area contributed by atoms with Crippen molar-refractivity contribution >= 4 is 29.3 Å². The van der Waals surface area contributed by atoms with Gasteiger partial charge in [0.2, 0.25) is 11.6 Å².